The van der Waals surface area contributed by atoms with Crippen molar-refractivity contribution in [1.82, 2.24) is 9.29 Å². The Balaban J connectivity index is 1.59. The van der Waals surface area contributed by atoms with Crippen molar-refractivity contribution >= 4 is 46.6 Å². The van der Waals surface area contributed by atoms with Crippen LogP contribution >= 0.6 is 23.5 Å². The molecule has 4 aromatic rings. The number of hydrogen-bond acceptors (Lipinski definition) is 5. The van der Waals surface area contributed by atoms with Crippen molar-refractivity contribution in [3.8, 4) is 11.5 Å². The Hall–Kier alpha value is -3.42. The highest BCUT2D eigenvalue weighted by Gasteiger charge is 2.31. The summed E-state index contributed by atoms with van der Waals surface area (Å²) in [4.78, 5) is 25.9. The van der Waals surface area contributed by atoms with Crippen LogP contribution in [0.2, 0.25) is 5.02 Å². The first-order valence-electron chi connectivity index (χ1n) is 10.6. The summed E-state index contributed by atoms with van der Waals surface area (Å²) in [6.45, 7) is 2.12. The normalized spacial score (nSPS) is 13.1. The van der Waals surface area contributed by atoms with Gasteiger partial charge in [0.1, 0.15) is 6.29 Å². The standard InChI is InChI=1S/C26H21ClN2O4S/c1-15-3-6-17(7-4-15)34-28-26(31)25(19-10-23-24(11-21(19)27)33-14-32-23)20-12-29(2)22-9-16(13-30)5-8-18(20)22/h3-13,25H,14H2,1-2H3,(H,28,31). The molecule has 0 fully saturated rings. The fraction of sp³-hybridized carbons (Fsp3) is 0.154. The van der Waals surface area contributed by atoms with Crippen LogP contribution in [0.3, 0.4) is 0 Å². The van der Waals surface area contributed by atoms with Crippen molar-refractivity contribution in [1.29, 1.82) is 0 Å². The van der Waals surface area contributed by atoms with Gasteiger partial charge in [0.05, 0.1) is 5.92 Å². The van der Waals surface area contributed by atoms with E-state index in [1.807, 2.05) is 61.1 Å². The smallest absolute Gasteiger partial charge is 0.242 e. The van der Waals surface area contributed by atoms with Gasteiger partial charge in [-0.25, -0.2) is 0 Å². The van der Waals surface area contributed by atoms with Gasteiger partial charge in [-0.2, -0.15) is 0 Å². The Morgan fingerprint density at radius 2 is 1.82 bits per heavy atom. The number of ether oxygens (including phenoxy) is 2. The number of aldehydes is 1. The third-order valence-electron chi connectivity index (χ3n) is 5.85. The fourth-order valence-electron chi connectivity index (χ4n) is 4.11. The molecule has 1 N–H and O–H groups in total. The second-order valence-corrected chi connectivity index (χ2v) is 9.42. The number of nitrogens with one attached hydrogen (secondary N) is 1. The van der Waals surface area contributed by atoms with Crippen molar-refractivity contribution in [2.45, 2.75) is 17.7 Å². The van der Waals surface area contributed by atoms with E-state index in [1.54, 1.807) is 18.2 Å². The molecule has 6 nitrogen and oxygen atoms in total. The number of halogens is 1. The first-order chi connectivity index (χ1) is 16.4. The van der Waals surface area contributed by atoms with Gasteiger partial charge in [-0.1, -0.05) is 41.4 Å². The van der Waals surface area contributed by atoms with Gasteiger partial charge in [-0.05, 0) is 54.3 Å². The molecular formula is C26H21ClN2O4S. The lowest BCUT2D eigenvalue weighted by molar-refractivity contribution is -0.119. The molecule has 2 heterocycles. The molecule has 0 aliphatic carbocycles. The lowest BCUT2D eigenvalue weighted by atomic mass is 9.90. The van der Waals surface area contributed by atoms with E-state index in [0.717, 1.165) is 33.2 Å². The predicted octanol–water partition coefficient (Wildman–Crippen LogP) is 5.64. The number of fused-ring (bicyclic) bond motifs is 2. The zero-order valence-corrected chi connectivity index (χ0v) is 20.1. The number of nitrogens with zero attached hydrogens (tertiary/aromatic N) is 1. The van der Waals surface area contributed by atoms with Gasteiger partial charge in [0, 0.05) is 45.7 Å². The SMILES string of the molecule is Cc1ccc(SNC(=O)C(c2cc3c(cc2Cl)OCO3)c2cn(C)c3cc(C=O)ccc23)cc1. The van der Waals surface area contributed by atoms with Crippen LogP contribution in [0, 0.1) is 6.92 Å². The molecule has 0 saturated heterocycles. The number of amides is 1. The maximum absolute atomic E-state index is 13.7. The molecule has 3 aromatic carbocycles. The van der Waals surface area contributed by atoms with E-state index in [2.05, 4.69) is 4.72 Å². The molecule has 172 valence electrons. The van der Waals surface area contributed by atoms with E-state index in [0.29, 0.717) is 27.6 Å². The van der Waals surface area contributed by atoms with Gasteiger partial charge in [0.2, 0.25) is 12.7 Å². The van der Waals surface area contributed by atoms with Gasteiger partial charge < -0.3 is 14.0 Å². The minimum atomic E-state index is -0.717. The number of aromatic nitrogens is 1. The minimum Gasteiger partial charge on any atom is -0.454 e. The summed E-state index contributed by atoms with van der Waals surface area (Å²) < 4.78 is 15.9. The molecule has 1 aliphatic rings. The second-order valence-electron chi connectivity index (χ2n) is 8.13. The zero-order chi connectivity index (χ0) is 23.8. The Morgan fingerprint density at radius 1 is 1.09 bits per heavy atom. The topological polar surface area (TPSA) is 69.6 Å². The van der Waals surface area contributed by atoms with Gasteiger partial charge in [-0.15, -0.1) is 0 Å². The highest BCUT2D eigenvalue weighted by Crippen LogP contribution is 2.43. The van der Waals surface area contributed by atoms with Gasteiger partial charge in [-0.3, -0.25) is 14.3 Å². The lowest BCUT2D eigenvalue weighted by Crippen LogP contribution is -2.25. The van der Waals surface area contributed by atoms with E-state index in [1.165, 1.54) is 11.9 Å². The lowest BCUT2D eigenvalue weighted by Gasteiger charge is -2.19. The van der Waals surface area contributed by atoms with Crippen LogP contribution in [0.1, 0.15) is 33.0 Å². The molecule has 1 atom stereocenters. The number of hydrogen-bond donors (Lipinski definition) is 1. The molecule has 1 aromatic heterocycles. The van der Waals surface area contributed by atoms with Crippen LogP contribution < -0.4 is 14.2 Å². The van der Waals surface area contributed by atoms with Gasteiger partial charge in [0.25, 0.3) is 0 Å². The largest absolute Gasteiger partial charge is 0.454 e. The number of aryl methyl sites for hydroxylation is 2. The van der Waals surface area contributed by atoms with Crippen LogP contribution in [-0.4, -0.2) is 23.6 Å². The van der Waals surface area contributed by atoms with Crippen molar-refractivity contribution in [2.75, 3.05) is 6.79 Å². The van der Waals surface area contributed by atoms with E-state index >= 15 is 0 Å². The molecule has 34 heavy (non-hydrogen) atoms. The molecule has 0 radical (unpaired) electrons. The monoisotopic (exact) mass is 492 g/mol. The second kappa shape index (κ2) is 9.08. The quantitative estimate of drug-likeness (QED) is 0.279. The van der Waals surface area contributed by atoms with E-state index in [9.17, 15) is 9.59 Å². The molecule has 0 saturated carbocycles. The summed E-state index contributed by atoms with van der Waals surface area (Å²) in [7, 11) is 1.89. The third kappa shape index (κ3) is 4.13. The Kier molecular flexibility index (Phi) is 5.98. The Labute approximate surface area is 205 Å². The van der Waals surface area contributed by atoms with Crippen molar-refractivity contribution in [2.24, 2.45) is 7.05 Å². The molecule has 0 bridgehead atoms. The molecule has 1 aliphatic heterocycles. The summed E-state index contributed by atoms with van der Waals surface area (Å²) in [5, 5.41) is 1.27. The summed E-state index contributed by atoms with van der Waals surface area (Å²) in [5.41, 5.74) is 3.95. The van der Waals surface area contributed by atoms with Gasteiger partial charge in [0.15, 0.2) is 11.5 Å². The summed E-state index contributed by atoms with van der Waals surface area (Å²) in [6.07, 6.45) is 2.71. The van der Waals surface area contributed by atoms with Crippen LogP contribution in [-0.2, 0) is 11.8 Å². The van der Waals surface area contributed by atoms with Crippen LogP contribution in [0.15, 0.2) is 65.7 Å². The number of carbonyl (C=O) groups is 2. The zero-order valence-electron chi connectivity index (χ0n) is 18.5. The van der Waals surface area contributed by atoms with Crippen molar-refractivity contribution in [3.63, 3.8) is 0 Å². The number of benzene rings is 3. The predicted molar refractivity (Wildman–Crippen MR) is 133 cm³/mol. The van der Waals surface area contributed by atoms with Crippen LogP contribution in [0.25, 0.3) is 10.9 Å². The molecule has 0 spiro atoms. The van der Waals surface area contributed by atoms with Crippen LogP contribution in [0.4, 0.5) is 0 Å². The molecule has 5 rings (SSSR count). The van der Waals surface area contributed by atoms with Gasteiger partial charge >= 0.3 is 0 Å². The molecule has 1 amide bonds. The Morgan fingerprint density at radius 3 is 2.56 bits per heavy atom. The Bertz CT molecular complexity index is 1410. The average Bonchev–Trinajstić information content (AvgIpc) is 3.42. The van der Waals surface area contributed by atoms with Crippen LogP contribution in [0.5, 0.6) is 11.5 Å². The van der Waals surface area contributed by atoms with E-state index < -0.39 is 5.92 Å². The van der Waals surface area contributed by atoms with Crippen molar-refractivity contribution in [3.05, 3.63) is 88.1 Å². The highest BCUT2D eigenvalue weighted by molar-refractivity contribution is 7.98. The molecule has 8 heteroatoms. The first-order valence-corrected chi connectivity index (χ1v) is 11.8. The fourth-order valence-corrected chi connectivity index (χ4v) is 4.99. The number of carbonyl (C=O) groups excluding carboxylic acids is 2. The maximum Gasteiger partial charge on any atom is 0.242 e. The first kappa shape index (κ1) is 22.4. The third-order valence-corrected chi connectivity index (χ3v) is 6.99. The highest BCUT2D eigenvalue weighted by atomic mass is 35.5. The maximum atomic E-state index is 13.7. The number of rotatable bonds is 6. The minimum absolute atomic E-state index is 0.109. The summed E-state index contributed by atoms with van der Waals surface area (Å²) in [6, 6.07) is 16.8. The summed E-state index contributed by atoms with van der Waals surface area (Å²) in [5.74, 6) is 0.159. The summed E-state index contributed by atoms with van der Waals surface area (Å²) >= 11 is 7.91. The average molecular weight is 493 g/mol. The van der Waals surface area contributed by atoms with E-state index in [4.69, 9.17) is 21.1 Å². The molecule has 1 unspecified atom stereocenters. The van der Waals surface area contributed by atoms with E-state index in [-0.39, 0.29) is 12.7 Å². The molecular weight excluding hydrogens is 472 g/mol. The van der Waals surface area contributed by atoms with Crippen molar-refractivity contribution < 1.29 is 19.1 Å².